The van der Waals surface area contributed by atoms with Crippen molar-refractivity contribution in [2.75, 3.05) is 48.8 Å². The summed E-state index contributed by atoms with van der Waals surface area (Å²) in [6.07, 6.45) is 0. The molecule has 3 heterocycles. The van der Waals surface area contributed by atoms with Gasteiger partial charge < -0.3 is 24.8 Å². The highest BCUT2D eigenvalue weighted by Crippen LogP contribution is 2.29. The third-order valence-corrected chi connectivity index (χ3v) is 4.12. The van der Waals surface area contributed by atoms with Crippen molar-refractivity contribution < 1.29 is 13.9 Å². The highest BCUT2D eigenvalue weighted by atomic mass is 16.6. The van der Waals surface area contributed by atoms with Gasteiger partial charge in [0.15, 0.2) is 11.5 Å². The van der Waals surface area contributed by atoms with Crippen molar-refractivity contribution in [3.8, 4) is 17.3 Å². The number of nitrogen functional groups attached to an aromatic ring is 1. The lowest BCUT2D eigenvalue weighted by Crippen LogP contribution is -2.46. The van der Waals surface area contributed by atoms with Crippen molar-refractivity contribution in [3.05, 3.63) is 24.3 Å². The number of aromatic nitrogens is 4. The largest absolute Gasteiger partial charge is 0.495 e. The van der Waals surface area contributed by atoms with Crippen LogP contribution < -0.4 is 20.3 Å². The zero-order valence-electron chi connectivity index (χ0n) is 13.6. The van der Waals surface area contributed by atoms with Crippen LogP contribution in [0, 0.1) is 0 Å². The van der Waals surface area contributed by atoms with Gasteiger partial charge in [-0.2, -0.15) is 4.98 Å². The molecule has 2 aromatic heterocycles. The quantitative estimate of drug-likeness (QED) is 0.735. The van der Waals surface area contributed by atoms with E-state index in [2.05, 4.69) is 36.0 Å². The molecule has 0 bridgehead atoms. The van der Waals surface area contributed by atoms with Gasteiger partial charge in [0.2, 0.25) is 5.82 Å². The minimum atomic E-state index is 0.133. The fourth-order valence-corrected chi connectivity index (χ4v) is 2.82. The van der Waals surface area contributed by atoms with Crippen LogP contribution in [0.1, 0.15) is 0 Å². The lowest BCUT2D eigenvalue weighted by atomic mass is 10.2. The van der Waals surface area contributed by atoms with Gasteiger partial charge in [0, 0.05) is 26.2 Å². The standard InChI is InChI=1S/C15H17N7O3/c1-23-11-5-3-2-4-10(11)21-6-8-22(9-7-21)15-17-14(20-24-15)12-13(16)19-25-18-12/h2-5H,6-9H2,1H3,(H2,16,19). The SMILES string of the molecule is COc1ccccc1N1CCN(c2nc(-c3nonc3N)no2)CC1. The molecule has 130 valence electrons. The summed E-state index contributed by atoms with van der Waals surface area (Å²) in [7, 11) is 1.68. The summed E-state index contributed by atoms with van der Waals surface area (Å²) >= 11 is 0. The van der Waals surface area contributed by atoms with Crippen molar-refractivity contribution in [2.24, 2.45) is 0 Å². The number of nitrogens with two attached hydrogens (primary N) is 1. The molecule has 0 saturated carbocycles. The van der Waals surface area contributed by atoms with E-state index in [0.717, 1.165) is 37.6 Å². The molecule has 0 aliphatic carbocycles. The van der Waals surface area contributed by atoms with Gasteiger partial charge in [-0.05, 0) is 22.4 Å². The summed E-state index contributed by atoms with van der Waals surface area (Å²) in [5, 5.41) is 11.1. The first-order valence-corrected chi connectivity index (χ1v) is 7.81. The lowest BCUT2D eigenvalue weighted by Gasteiger charge is -2.35. The molecule has 1 fully saturated rings. The Morgan fingerprint density at radius 1 is 1.04 bits per heavy atom. The number of nitrogens with zero attached hydrogens (tertiary/aromatic N) is 6. The van der Waals surface area contributed by atoms with Gasteiger partial charge in [-0.3, -0.25) is 0 Å². The fraction of sp³-hybridized carbons (Fsp3) is 0.333. The highest BCUT2D eigenvalue weighted by molar-refractivity contribution is 5.62. The van der Waals surface area contributed by atoms with Crippen molar-refractivity contribution in [2.45, 2.75) is 0 Å². The Balaban J connectivity index is 1.46. The van der Waals surface area contributed by atoms with E-state index in [0.29, 0.717) is 6.01 Å². The Labute approximate surface area is 143 Å². The van der Waals surface area contributed by atoms with Crippen LogP contribution in [-0.4, -0.2) is 53.7 Å². The molecular weight excluding hydrogens is 326 g/mol. The lowest BCUT2D eigenvalue weighted by molar-refractivity contribution is 0.310. The summed E-state index contributed by atoms with van der Waals surface area (Å²) < 4.78 is 15.3. The van der Waals surface area contributed by atoms with Gasteiger partial charge in [-0.1, -0.05) is 17.3 Å². The minimum absolute atomic E-state index is 0.133. The maximum atomic E-state index is 5.65. The second kappa shape index (κ2) is 6.30. The van der Waals surface area contributed by atoms with Crippen molar-refractivity contribution in [1.82, 2.24) is 20.5 Å². The Morgan fingerprint density at radius 3 is 2.52 bits per heavy atom. The van der Waals surface area contributed by atoms with Crippen molar-refractivity contribution in [1.29, 1.82) is 0 Å². The second-order valence-electron chi connectivity index (χ2n) is 5.54. The molecule has 0 amide bonds. The number of rotatable bonds is 4. The maximum Gasteiger partial charge on any atom is 0.324 e. The van der Waals surface area contributed by atoms with Crippen LogP contribution in [0.3, 0.4) is 0 Å². The van der Waals surface area contributed by atoms with Gasteiger partial charge in [0.05, 0.1) is 12.8 Å². The number of ether oxygens (including phenoxy) is 1. The van der Waals surface area contributed by atoms with E-state index in [1.165, 1.54) is 0 Å². The van der Waals surface area contributed by atoms with Crippen LogP contribution in [0.4, 0.5) is 17.5 Å². The first-order chi connectivity index (χ1) is 12.3. The van der Waals surface area contributed by atoms with E-state index >= 15 is 0 Å². The van der Waals surface area contributed by atoms with Gasteiger partial charge in [-0.15, -0.1) is 0 Å². The molecule has 1 aromatic carbocycles. The second-order valence-corrected chi connectivity index (χ2v) is 5.54. The summed E-state index contributed by atoms with van der Waals surface area (Å²) in [5.41, 5.74) is 7.01. The molecule has 1 aliphatic rings. The van der Waals surface area contributed by atoms with Crippen molar-refractivity contribution in [3.63, 3.8) is 0 Å². The number of anilines is 3. The first-order valence-electron chi connectivity index (χ1n) is 7.81. The number of para-hydroxylation sites is 2. The van der Waals surface area contributed by atoms with Gasteiger partial charge in [0.1, 0.15) is 5.75 Å². The van der Waals surface area contributed by atoms with E-state index in [1.54, 1.807) is 7.11 Å². The number of benzene rings is 1. The fourth-order valence-electron chi connectivity index (χ4n) is 2.82. The van der Waals surface area contributed by atoms with Crippen LogP contribution in [0.15, 0.2) is 33.4 Å². The Hall–Kier alpha value is -3.30. The molecule has 1 aliphatic heterocycles. The molecule has 0 spiro atoms. The third-order valence-electron chi connectivity index (χ3n) is 4.12. The Morgan fingerprint density at radius 2 is 1.80 bits per heavy atom. The summed E-state index contributed by atoms with van der Waals surface area (Å²) in [6.45, 7) is 3.11. The van der Waals surface area contributed by atoms with Crippen LogP contribution >= 0.6 is 0 Å². The van der Waals surface area contributed by atoms with Crippen LogP contribution in [0.5, 0.6) is 5.75 Å². The van der Waals surface area contributed by atoms with E-state index in [1.807, 2.05) is 23.1 Å². The third kappa shape index (κ3) is 2.82. The van der Waals surface area contributed by atoms with E-state index in [4.69, 9.17) is 15.0 Å². The normalized spacial score (nSPS) is 14.8. The Kier molecular flexibility index (Phi) is 3.84. The average molecular weight is 343 g/mol. The number of piperazine rings is 1. The predicted octanol–water partition coefficient (Wildman–Crippen LogP) is 1.04. The first kappa shape index (κ1) is 15.2. The van der Waals surface area contributed by atoms with E-state index in [-0.39, 0.29) is 17.3 Å². The van der Waals surface area contributed by atoms with Crippen LogP contribution in [-0.2, 0) is 0 Å². The summed E-state index contributed by atoms with van der Waals surface area (Å²) in [6, 6.07) is 8.41. The number of methoxy groups -OCH3 is 1. The van der Waals surface area contributed by atoms with E-state index in [9.17, 15) is 0 Å². The highest BCUT2D eigenvalue weighted by Gasteiger charge is 2.24. The molecule has 1 saturated heterocycles. The minimum Gasteiger partial charge on any atom is -0.495 e. The smallest absolute Gasteiger partial charge is 0.324 e. The van der Waals surface area contributed by atoms with Gasteiger partial charge in [-0.25, -0.2) is 4.63 Å². The monoisotopic (exact) mass is 343 g/mol. The molecule has 0 atom stereocenters. The molecular formula is C15H17N7O3. The summed E-state index contributed by atoms with van der Waals surface area (Å²) in [5.74, 6) is 1.26. The molecule has 3 aromatic rings. The van der Waals surface area contributed by atoms with Crippen LogP contribution in [0.2, 0.25) is 0 Å². The summed E-state index contributed by atoms with van der Waals surface area (Å²) in [4.78, 5) is 8.62. The molecule has 0 radical (unpaired) electrons. The molecule has 2 N–H and O–H groups in total. The van der Waals surface area contributed by atoms with Gasteiger partial charge >= 0.3 is 6.01 Å². The van der Waals surface area contributed by atoms with Crippen molar-refractivity contribution >= 4 is 17.5 Å². The molecule has 25 heavy (non-hydrogen) atoms. The van der Waals surface area contributed by atoms with Gasteiger partial charge in [0.25, 0.3) is 0 Å². The Bertz CT molecular complexity index is 854. The molecule has 4 rings (SSSR count). The van der Waals surface area contributed by atoms with E-state index < -0.39 is 0 Å². The molecule has 10 heteroatoms. The molecule has 10 nitrogen and oxygen atoms in total. The molecule has 0 unspecified atom stereocenters. The predicted molar refractivity (Wildman–Crippen MR) is 89.4 cm³/mol. The average Bonchev–Trinajstić information content (AvgIpc) is 3.30. The maximum absolute atomic E-state index is 5.65. The topological polar surface area (TPSA) is 120 Å². The number of hydrogen-bond donors (Lipinski definition) is 1. The zero-order valence-corrected chi connectivity index (χ0v) is 13.6. The zero-order chi connectivity index (χ0) is 17.2. The number of hydrogen-bond acceptors (Lipinski definition) is 10. The van der Waals surface area contributed by atoms with Crippen LogP contribution in [0.25, 0.3) is 11.5 Å².